The summed E-state index contributed by atoms with van der Waals surface area (Å²) >= 11 is 0. The second kappa shape index (κ2) is 4.45. The maximum Gasteiger partial charge on any atom is 0.138 e. The summed E-state index contributed by atoms with van der Waals surface area (Å²) < 4.78 is 5.98. The van der Waals surface area contributed by atoms with Crippen molar-refractivity contribution in [1.82, 2.24) is 4.98 Å². The minimum atomic E-state index is 0.927. The standard InChI is InChI=1S/C19H15NO/c1-12-8-9-20-17(10-12)14-6-7-18-16(11-14)15-5-3-4-13(2)19(15)21-18/h3-11H,1-2H3. The molecule has 0 radical (unpaired) electrons. The Bertz CT molecular complexity index is 966. The SMILES string of the molecule is Cc1ccnc(-c2ccc3oc4c(C)cccc4c3c2)c1. The third kappa shape index (κ3) is 1.91. The Morgan fingerprint density at radius 3 is 2.67 bits per heavy atom. The third-order valence-corrected chi connectivity index (χ3v) is 3.90. The van der Waals surface area contributed by atoms with Crippen LogP contribution < -0.4 is 0 Å². The number of hydrogen-bond acceptors (Lipinski definition) is 2. The predicted octanol–water partition coefficient (Wildman–Crippen LogP) is 5.26. The van der Waals surface area contributed by atoms with Gasteiger partial charge in [-0.1, -0.05) is 18.2 Å². The van der Waals surface area contributed by atoms with Crippen molar-refractivity contribution in [3.05, 3.63) is 65.9 Å². The molecule has 21 heavy (non-hydrogen) atoms. The van der Waals surface area contributed by atoms with E-state index in [9.17, 15) is 0 Å². The summed E-state index contributed by atoms with van der Waals surface area (Å²) in [7, 11) is 0. The number of para-hydroxylation sites is 1. The monoisotopic (exact) mass is 273 g/mol. The fraction of sp³-hybridized carbons (Fsp3) is 0.105. The van der Waals surface area contributed by atoms with Gasteiger partial charge in [0, 0.05) is 22.5 Å². The van der Waals surface area contributed by atoms with Crippen LogP contribution in [0.25, 0.3) is 33.2 Å². The summed E-state index contributed by atoms with van der Waals surface area (Å²) in [4.78, 5) is 4.47. The molecule has 0 fully saturated rings. The summed E-state index contributed by atoms with van der Waals surface area (Å²) in [6.07, 6.45) is 1.85. The van der Waals surface area contributed by atoms with E-state index in [1.165, 1.54) is 16.5 Å². The van der Waals surface area contributed by atoms with Crippen molar-refractivity contribution in [2.75, 3.05) is 0 Å². The van der Waals surface area contributed by atoms with Crippen LogP contribution in [-0.4, -0.2) is 4.98 Å². The molecule has 0 atom stereocenters. The Balaban J connectivity index is 2.01. The molecule has 0 saturated heterocycles. The second-order valence-corrected chi connectivity index (χ2v) is 5.48. The molecule has 2 heteroatoms. The zero-order valence-electron chi connectivity index (χ0n) is 12.1. The number of nitrogens with zero attached hydrogens (tertiary/aromatic N) is 1. The first kappa shape index (κ1) is 12.2. The zero-order chi connectivity index (χ0) is 14.4. The van der Waals surface area contributed by atoms with Gasteiger partial charge in [0.1, 0.15) is 11.2 Å². The third-order valence-electron chi connectivity index (χ3n) is 3.90. The van der Waals surface area contributed by atoms with Crippen molar-refractivity contribution < 1.29 is 4.42 Å². The smallest absolute Gasteiger partial charge is 0.138 e. The Hall–Kier alpha value is -2.61. The number of rotatable bonds is 1. The van der Waals surface area contributed by atoms with Crippen LogP contribution in [0.1, 0.15) is 11.1 Å². The second-order valence-electron chi connectivity index (χ2n) is 5.48. The number of fused-ring (bicyclic) bond motifs is 3. The first-order chi connectivity index (χ1) is 10.2. The first-order valence-electron chi connectivity index (χ1n) is 7.07. The molecule has 2 aromatic carbocycles. The van der Waals surface area contributed by atoms with Gasteiger partial charge >= 0.3 is 0 Å². The molecule has 2 heterocycles. The van der Waals surface area contributed by atoms with Gasteiger partial charge in [-0.25, -0.2) is 0 Å². The number of benzene rings is 2. The van der Waals surface area contributed by atoms with Gasteiger partial charge in [0.25, 0.3) is 0 Å². The summed E-state index contributed by atoms with van der Waals surface area (Å²) in [6.45, 7) is 4.16. The fourth-order valence-corrected chi connectivity index (χ4v) is 2.79. The van der Waals surface area contributed by atoms with E-state index < -0.39 is 0 Å². The van der Waals surface area contributed by atoms with Crippen LogP contribution in [0, 0.1) is 13.8 Å². The van der Waals surface area contributed by atoms with Crippen LogP contribution in [0.5, 0.6) is 0 Å². The van der Waals surface area contributed by atoms with E-state index in [1.54, 1.807) is 0 Å². The maximum absolute atomic E-state index is 5.98. The van der Waals surface area contributed by atoms with E-state index in [4.69, 9.17) is 4.42 Å². The minimum absolute atomic E-state index is 0.927. The highest BCUT2D eigenvalue weighted by molar-refractivity contribution is 6.07. The minimum Gasteiger partial charge on any atom is -0.456 e. The molecule has 0 unspecified atom stereocenters. The van der Waals surface area contributed by atoms with Crippen LogP contribution in [0.4, 0.5) is 0 Å². The molecule has 0 amide bonds. The lowest BCUT2D eigenvalue weighted by Gasteiger charge is -2.02. The molecule has 0 aliphatic rings. The van der Waals surface area contributed by atoms with Crippen molar-refractivity contribution in [3.8, 4) is 11.3 Å². The molecule has 0 bridgehead atoms. The Labute approximate surface area is 123 Å². The van der Waals surface area contributed by atoms with Gasteiger partial charge in [0.05, 0.1) is 5.69 Å². The normalized spacial score (nSPS) is 11.3. The van der Waals surface area contributed by atoms with E-state index >= 15 is 0 Å². The Kier molecular flexibility index (Phi) is 2.58. The van der Waals surface area contributed by atoms with Crippen LogP contribution >= 0.6 is 0 Å². The van der Waals surface area contributed by atoms with Gasteiger partial charge in [-0.05, 0) is 55.3 Å². The highest BCUT2D eigenvalue weighted by Crippen LogP contribution is 2.33. The van der Waals surface area contributed by atoms with E-state index in [1.807, 2.05) is 18.3 Å². The molecule has 0 spiro atoms. The van der Waals surface area contributed by atoms with Gasteiger partial charge in [-0.3, -0.25) is 4.98 Å². The molecule has 0 N–H and O–H groups in total. The molecular weight excluding hydrogens is 258 g/mol. The van der Waals surface area contributed by atoms with Crippen molar-refractivity contribution in [3.63, 3.8) is 0 Å². The van der Waals surface area contributed by atoms with Gasteiger partial charge < -0.3 is 4.42 Å². The number of pyridine rings is 1. The summed E-state index contributed by atoms with van der Waals surface area (Å²) in [5, 5.41) is 2.31. The van der Waals surface area contributed by atoms with Crippen molar-refractivity contribution in [2.24, 2.45) is 0 Å². The first-order valence-corrected chi connectivity index (χ1v) is 7.07. The highest BCUT2D eigenvalue weighted by atomic mass is 16.3. The van der Waals surface area contributed by atoms with E-state index in [0.29, 0.717) is 0 Å². The highest BCUT2D eigenvalue weighted by Gasteiger charge is 2.10. The largest absolute Gasteiger partial charge is 0.456 e. The summed E-state index contributed by atoms with van der Waals surface area (Å²) in [5.74, 6) is 0. The lowest BCUT2D eigenvalue weighted by molar-refractivity contribution is 0.666. The summed E-state index contributed by atoms with van der Waals surface area (Å²) in [6, 6.07) is 16.7. The van der Waals surface area contributed by atoms with E-state index in [2.05, 4.69) is 55.2 Å². The van der Waals surface area contributed by atoms with E-state index in [-0.39, 0.29) is 0 Å². The Morgan fingerprint density at radius 2 is 1.81 bits per heavy atom. The molecule has 4 aromatic rings. The average Bonchev–Trinajstić information content (AvgIpc) is 2.87. The molecule has 102 valence electrons. The van der Waals surface area contributed by atoms with Gasteiger partial charge in [-0.2, -0.15) is 0 Å². The molecule has 2 aromatic heterocycles. The molecule has 2 nitrogen and oxygen atoms in total. The van der Waals surface area contributed by atoms with Crippen molar-refractivity contribution >= 4 is 21.9 Å². The van der Waals surface area contributed by atoms with E-state index in [0.717, 1.165) is 27.8 Å². The Morgan fingerprint density at radius 1 is 0.905 bits per heavy atom. The van der Waals surface area contributed by atoms with Crippen molar-refractivity contribution in [1.29, 1.82) is 0 Å². The van der Waals surface area contributed by atoms with Gasteiger partial charge in [0.15, 0.2) is 0 Å². The van der Waals surface area contributed by atoms with Gasteiger partial charge in [-0.15, -0.1) is 0 Å². The summed E-state index contributed by atoms with van der Waals surface area (Å²) in [5.41, 5.74) is 6.40. The molecule has 0 saturated carbocycles. The number of aryl methyl sites for hydroxylation is 2. The number of furan rings is 1. The molecular formula is C19H15NO. The number of hydrogen-bond donors (Lipinski definition) is 0. The van der Waals surface area contributed by atoms with Crippen LogP contribution in [0.2, 0.25) is 0 Å². The molecule has 4 rings (SSSR count). The van der Waals surface area contributed by atoms with Crippen LogP contribution in [-0.2, 0) is 0 Å². The van der Waals surface area contributed by atoms with Crippen molar-refractivity contribution in [2.45, 2.75) is 13.8 Å². The predicted molar refractivity (Wildman–Crippen MR) is 86.4 cm³/mol. The zero-order valence-corrected chi connectivity index (χ0v) is 12.1. The quantitative estimate of drug-likeness (QED) is 0.472. The van der Waals surface area contributed by atoms with Crippen LogP contribution in [0.3, 0.4) is 0 Å². The average molecular weight is 273 g/mol. The van der Waals surface area contributed by atoms with Crippen LogP contribution in [0.15, 0.2) is 59.1 Å². The molecule has 0 aliphatic heterocycles. The van der Waals surface area contributed by atoms with Gasteiger partial charge in [0.2, 0.25) is 0 Å². The molecule has 0 aliphatic carbocycles. The maximum atomic E-state index is 5.98. The topological polar surface area (TPSA) is 26.0 Å². The number of aromatic nitrogens is 1. The lowest BCUT2D eigenvalue weighted by Crippen LogP contribution is -1.83. The lowest BCUT2D eigenvalue weighted by atomic mass is 10.0. The fourth-order valence-electron chi connectivity index (χ4n) is 2.79.